The smallest absolute Gasteiger partial charge is 0.228 e. The van der Waals surface area contributed by atoms with Crippen molar-refractivity contribution in [2.75, 3.05) is 23.3 Å². The lowest BCUT2D eigenvalue weighted by molar-refractivity contribution is -0.120. The topological polar surface area (TPSA) is 71.0 Å². The van der Waals surface area contributed by atoms with E-state index in [1.807, 2.05) is 26.0 Å². The highest BCUT2D eigenvalue weighted by atomic mass is 16.1. The maximum Gasteiger partial charge on any atom is 0.228 e. The van der Waals surface area contributed by atoms with Crippen LogP contribution in [0.5, 0.6) is 0 Å². The molecule has 1 amide bonds. The minimum Gasteiger partial charge on any atom is -0.356 e. The molecule has 0 atom stereocenters. The Kier molecular flexibility index (Phi) is 5.05. The standard InChI is InChI=1S/C21H27N5O/c1-14-7-8-19(22-13-14)25-21(27)16-9-11-26(12-10-16)20-17-5-3-4-6-18(17)23-15(2)24-20/h7-8,13,16H,3-6,9-12H2,1-2H3,(H,22,25,27). The lowest BCUT2D eigenvalue weighted by atomic mass is 9.93. The molecule has 1 fully saturated rings. The van der Waals surface area contributed by atoms with Gasteiger partial charge in [0.05, 0.1) is 0 Å². The van der Waals surface area contributed by atoms with E-state index in [2.05, 4.69) is 20.2 Å². The van der Waals surface area contributed by atoms with Crippen molar-refractivity contribution in [3.05, 3.63) is 41.0 Å². The van der Waals surface area contributed by atoms with Gasteiger partial charge in [-0.1, -0.05) is 6.07 Å². The summed E-state index contributed by atoms with van der Waals surface area (Å²) in [6.45, 7) is 5.69. The van der Waals surface area contributed by atoms with E-state index in [1.54, 1.807) is 6.20 Å². The zero-order valence-electron chi connectivity index (χ0n) is 16.2. The molecule has 27 heavy (non-hydrogen) atoms. The van der Waals surface area contributed by atoms with Gasteiger partial charge in [0.2, 0.25) is 5.91 Å². The molecule has 6 heteroatoms. The van der Waals surface area contributed by atoms with E-state index < -0.39 is 0 Å². The molecule has 1 saturated heterocycles. The summed E-state index contributed by atoms with van der Waals surface area (Å²) in [5.74, 6) is 2.70. The normalized spacial score (nSPS) is 17.5. The van der Waals surface area contributed by atoms with Crippen LogP contribution in [0, 0.1) is 19.8 Å². The number of aromatic nitrogens is 3. The minimum absolute atomic E-state index is 0.0307. The van der Waals surface area contributed by atoms with Crippen molar-refractivity contribution < 1.29 is 4.79 Å². The van der Waals surface area contributed by atoms with Gasteiger partial charge in [-0.05, 0) is 64.0 Å². The largest absolute Gasteiger partial charge is 0.356 e. The highest BCUT2D eigenvalue weighted by molar-refractivity contribution is 5.91. The first-order valence-electron chi connectivity index (χ1n) is 9.95. The molecular weight excluding hydrogens is 338 g/mol. The number of nitrogens with zero attached hydrogens (tertiary/aromatic N) is 4. The van der Waals surface area contributed by atoms with Crippen molar-refractivity contribution in [3.8, 4) is 0 Å². The predicted molar refractivity (Wildman–Crippen MR) is 106 cm³/mol. The number of aryl methyl sites for hydroxylation is 3. The second-order valence-corrected chi connectivity index (χ2v) is 7.70. The third kappa shape index (κ3) is 3.94. The first-order chi connectivity index (χ1) is 13.1. The van der Waals surface area contributed by atoms with E-state index in [1.165, 1.54) is 24.1 Å². The number of rotatable bonds is 3. The molecule has 0 unspecified atom stereocenters. The lowest BCUT2D eigenvalue weighted by Crippen LogP contribution is -2.39. The Hall–Kier alpha value is -2.50. The molecule has 1 aliphatic carbocycles. The van der Waals surface area contributed by atoms with Crippen molar-refractivity contribution in [1.29, 1.82) is 0 Å². The summed E-state index contributed by atoms with van der Waals surface area (Å²) in [6, 6.07) is 3.82. The van der Waals surface area contributed by atoms with Gasteiger partial charge in [0.15, 0.2) is 0 Å². The average molecular weight is 365 g/mol. The number of carbonyl (C=O) groups excluding carboxylic acids is 1. The fraction of sp³-hybridized carbons (Fsp3) is 0.524. The van der Waals surface area contributed by atoms with Crippen molar-refractivity contribution in [1.82, 2.24) is 15.0 Å². The summed E-state index contributed by atoms with van der Waals surface area (Å²) >= 11 is 0. The molecule has 1 aliphatic heterocycles. The first kappa shape index (κ1) is 17.9. The molecule has 6 nitrogen and oxygen atoms in total. The number of anilines is 2. The number of fused-ring (bicyclic) bond motifs is 1. The fourth-order valence-corrected chi connectivity index (χ4v) is 4.08. The summed E-state index contributed by atoms with van der Waals surface area (Å²) in [7, 11) is 0. The quantitative estimate of drug-likeness (QED) is 0.904. The first-order valence-corrected chi connectivity index (χ1v) is 9.95. The number of carbonyl (C=O) groups is 1. The van der Waals surface area contributed by atoms with Crippen LogP contribution in [0.25, 0.3) is 0 Å². The summed E-state index contributed by atoms with van der Waals surface area (Å²) < 4.78 is 0. The van der Waals surface area contributed by atoms with Crippen molar-refractivity contribution >= 4 is 17.5 Å². The van der Waals surface area contributed by atoms with Gasteiger partial charge in [0, 0.05) is 36.5 Å². The molecule has 142 valence electrons. The second kappa shape index (κ2) is 7.62. The zero-order chi connectivity index (χ0) is 18.8. The van der Waals surface area contributed by atoms with Crippen LogP contribution in [0.4, 0.5) is 11.6 Å². The predicted octanol–water partition coefficient (Wildman–Crippen LogP) is 3.22. The van der Waals surface area contributed by atoms with E-state index >= 15 is 0 Å². The monoisotopic (exact) mass is 365 g/mol. The Morgan fingerprint density at radius 3 is 2.63 bits per heavy atom. The van der Waals surface area contributed by atoms with Crippen LogP contribution >= 0.6 is 0 Å². The summed E-state index contributed by atoms with van der Waals surface area (Å²) in [5.41, 5.74) is 3.65. The zero-order valence-corrected chi connectivity index (χ0v) is 16.2. The minimum atomic E-state index is 0.0307. The Morgan fingerprint density at radius 2 is 1.89 bits per heavy atom. The molecule has 0 spiro atoms. The van der Waals surface area contributed by atoms with Gasteiger partial charge in [0.25, 0.3) is 0 Å². The van der Waals surface area contributed by atoms with Crippen LogP contribution in [0.15, 0.2) is 18.3 Å². The molecule has 0 radical (unpaired) electrons. The third-order valence-electron chi connectivity index (χ3n) is 5.60. The van der Waals surface area contributed by atoms with Gasteiger partial charge in [0.1, 0.15) is 17.5 Å². The van der Waals surface area contributed by atoms with Crippen molar-refractivity contribution in [2.45, 2.75) is 52.4 Å². The van der Waals surface area contributed by atoms with E-state index in [-0.39, 0.29) is 11.8 Å². The lowest BCUT2D eigenvalue weighted by Gasteiger charge is -2.34. The number of nitrogens with one attached hydrogen (secondary N) is 1. The van der Waals surface area contributed by atoms with E-state index in [0.29, 0.717) is 5.82 Å². The van der Waals surface area contributed by atoms with Crippen LogP contribution < -0.4 is 10.2 Å². The van der Waals surface area contributed by atoms with Gasteiger partial charge in [-0.3, -0.25) is 4.79 Å². The summed E-state index contributed by atoms with van der Waals surface area (Å²) in [5, 5.41) is 2.96. The fourth-order valence-electron chi connectivity index (χ4n) is 4.08. The molecule has 2 aromatic rings. The van der Waals surface area contributed by atoms with Crippen LogP contribution in [-0.2, 0) is 17.6 Å². The van der Waals surface area contributed by atoms with Gasteiger partial charge in [-0.15, -0.1) is 0 Å². The van der Waals surface area contributed by atoms with Gasteiger partial charge >= 0.3 is 0 Å². The highest BCUT2D eigenvalue weighted by Crippen LogP contribution is 2.31. The van der Waals surface area contributed by atoms with E-state index in [0.717, 1.165) is 56.0 Å². The van der Waals surface area contributed by atoms with Crippen molar-refractivity contribution in [3.63, 3.8) is 0 Å². The molecule has 0 bridgehead atoms. The summed E-state index contributed by atoms with van der Waals surface area (Å²) in [4.78, 5) is 28.6. The second-order valence-electron chi connectivity index (χ2n) is 7.70. The van der Waals surface area contributed by atoms with Crippen LogP contribution in [0.1, 0.15) is 48.3 Å². The highest BCUT2D eigenvalue weighted by Gasteiger charge is 2.28. The molecule has 0 aromatic carbocycles. The number of amides is 1. The van der Waals surface area contributed by atoms with E-state index in [4.69, 9.17) is 4.98 Å². The Balaban J connectivity index is 1.41. The maximum atomic E-state index is 12.6. The molecule has 2 aliphatic rings. The van der Waals surface area contributed by atoms with Crippen LogP contribution in [0.3, 0.4) is 0 Å². The van der Waals surface area contributed by atoms with Crippen LogP contribution in [-0.4, -0.2) is 33.9 Å². The molecule has 0 saturated carbocycles. The third-order valence-corrected chi connectivity index (χ3v) is 5.60. The Bertz CT molecular complexity index is 825. The van der Waals surface area contributed by atoms with Crippen LogP contribution in [0.2, 0.25) is 0 Å². The number of hydrogen-bond acceptors (Lipinski definition) is 5. The van der Waals surface area contributed by atoms with Gasteiger partial charge in [-0.2, -0.15) is 0 Å². The van der Waals surface area contributed by atoms with Crippen molar-refractivity contribution in [2.24, 2.45) is 5.92 Å². The van der Waals surface area contributed by atoms with Gasteiger partial charge < -0.3 is 10.2 Å². The average Bonchev–Trinajstić information content (AvgIpc) is 2.69. The summed E-state index contributed by atoms with van der Waals surface area (Å²) in [6.07, 6.45) is 8.04. The molecule has 3 heterocycles. The molecule has 4 rings (SSSR count). The number of pyridine rings is 1. The Morgan fingerprint density at radius 1 is 1.11 bits per heavy atom. The molecule has 2 aromatic heterocycles. The Labute approximate surface area is 160 Å². The SMILES string of the molecule is Cc1ccc(NC(=O)C2CCN(c3nc(C)nc4c3CCCC4)CC2)nc1. The number of hydrogen-bond donors (Lipinski definition) is 1. The van der Waals surface area contributed by atoms with Gasteiger partial charge in [-0.25, -0.2) is 15.0 Å². The number of piperidine rings is 1. The maximum absolute atomic E-state index is 12.6. The molecule has 1 N–H and O–H groups in total. The van der Waals surface area contributed by atoms with E-state index in [9.17, 15) is 4.79 Å². The molecular formula is C21H27N5O.